The monoisotopic (exact) mass is 484 g/mol. The van der Waals surface area contributed by atoms with Crippen LogP contribution in [0.1, 0.15) is 72.5 Å². The van der Waals surface area contributed by atoms with Crippen LogP contribution in [0.15, 0.2) is 42.5 Å². The molecule has 0 radical (unpaired) electrons. The first-order valence-corrected chi connectivity index (χ1v) is 12.5. The second kappa shape index (κ2) is 13.4. The van der Waals surface area contributed by atoms with Gasteiger partial charge in [-0.2, -0.15) is 0 Å². The molecule has 2 aromatic carbocycles. The number of ketones is 1. The lowest BCUT2D eigenvalue weighted by molar-refractivity contribution is -0.123. The number of methoxy groups -OCH3 is 1. The maximum absolute atomic E-state index is 14.1. The third-order valence-electron chi connectivity index (χ3n) is 6.64. The molecule has 0 aromatic heterocycles. The molecule has 2 unspecified atom stereocenters. The molecule has 1 amide bonds. The van der Waals surface area contributed by atoms with E-state index in [-0.39, 0.29) is 17.5 Å². The average Bonchev–Trinajstić information content (AvgIpc) is 3.37. The molecule has 7 heteroatoms. The highest BCUT2D eigenvalue weighted by Crippen LogP contribution is 2.22. The number of Topliss-reactive ketones (excluding diaryl/α,β-unsaturated/α-hetero) is 1. The van der Waals surface area contributed by atoms with Crippen LogP contribution in [0.5, 0.6) is 5.75 Å². The number of ether oxygens (including phenoxy) is 1. The molecule has 35 heavy (non-hydrogen) atoms. The largest absolute Gasteiger partial charge is 0.497 e. The molecule has 1 saturated heterocycles. The summed E-state index contributed by atoms with van der Waals surface area (Å²) in [6, 6.07) is 11.3. The van der Waals surface area contributed by atoms with Crippen LogP contribution in [-0.4, -0.2) is 54.5 Å². The molecular formula is C28H37FN2O4. The molecule has 0 aliphatic carbocycles. The number of nitrogens with zero attached hydrogens (tertiary/aromatic N) is 1. The molecule has 3 rings (SSSR count). The molecule has 1 heterocycles. The number of halogens is 1. The summed E-state index contributed by atoms with van der Waals surface area (Å²) in [5.41, 5.74) is 1.65. The number of aryl methyl sites for hydroxylation is 1. The maximum atomic E-state index is 14.1. The maximum Gasteiger partial charge on any atom is 0.220 e. The van der Waals surface area contributed by atoms with Gasteiger partial charge in [-0.1, -0.05) is 18.6 Å². The number of carbonyl (C=O) groups is 2. The average molecular weight is 485 g/mol. The Morgan fingerprint density at radius 2 is 1.74 bits per heavy atom. The topological polar surface area (TPSA) is 78.9 Å². The van der Waals surface area contributed by atoms with Crippen molar-refractivity contribution in [2.75, 3.05) is 26.7 Å². The molecule has 1 fully saturated rings. The minimum Gasteiger partial charge on any atom is -0.497 e. The summed E-state index contributed by atoms with van der Waals surface area (Å²) in [7, 11) is 1.59. The van der Waals surface area contributed by atoms with Crippen LogP contribution in [0.2, 0.25) is 0 Å². The van der Waals surface area contributed by atoms with E-state index in [2.05, 4.69) is 10.2 Å². The van der Waals surface area contributed by atoms with Gasteiger partial charge in [-0.3, -0.25) is 9.59 Å². The van der Waals surface area contributed by atoms with E-state index in [0.29, 0.717) is 54.7 Å². The number of unbranched alkanes of at least 4 members (excludes halogenated alkanes) is 2. The summed E-state index contributed by atoms with van der Waals surface area (Å²) in [6.07, 6.45) is 4.10. The second-order valence-electron chi connectivity index (χ2n) is 9.35. The smallest absolute Gasteiger partial charge is 0.220 e. The molecule has 1 aliphatic rings. The first kappa shape index (κ1) is 26.8. The fraction of sp³-hybridized carbons (Fsp3) is 0.500. The standard InChI is InChI=1S/C28H37FN2O4/c1-20-10-11-22(18-24(20)29)28(34)25(19-31-16-6-7-17-31)30-27(33)9-5-3-4-8-26(32)21-12-14-23(35-2)15-13-21/h10-15,18,25,28,34H,3-9,16-17,19H2,1-2H3,(H,30,33). The molecule has 190 valence electrons. The zero-order chi connectivity index (χ0) is 25.2. The minimum absolute atomic E-state index is 0.0798. The van der Waals surface area contributed by atoms with Gasteiger partial charge in [-0.15, -0.1) is 0 Å². The number of likely N-dealkylation sites (tertiary alicyclic amines) is 1. The Balaban J connectivity index is 1.46. The first-order chi connectivity index (χ1) is 16.9. The summed E-state index contributed by atoms with van der Waals surface area (Å²) in [5.74, 6) is 0.295. The Labute approximate surface area is 207 Å². The number of amides is 1. The lowest BCUT2D eigenvalue weighted by atomic mass is 9.99. The highest BCUT2D eigenvalue weighted by molar-refractivity contribution is 5.96. The van der Waals surface area contributed by atoms with Gasteiger partial charge in [0.25, 0.3) is 0 Å². The first-order valence-electron chi connectivity index (χ1n) is 12.5. The zero-order valence-electron chi connectivity index (χ0n) is 20.8. The lowest BCUT2D eigenvalue weighted by Gasteiger charge is -2.29. The normalized spacial score (nSPS) is 15.5. The van der Waals surface area contributed by atoms with Gasteiger partial charge in [0.05, 0.1) is 13.2 Å². The molecule has 2 atom stereocenters. The second-order valence-corrected chi connectivity index (χ2v) is 9.35. The van der Waals surface area contributed by atoms with Crippen LogP contribution < -0.4 is 10.1 Å². The number of carbonyl (C=O) groups excluding carboxylic acids is 2. The van der Waals surface area contributed by atoms with Gasteiger partial charge in [0.2, 0.25) is 5.91 Å². The Morgan fingerprint density at radius 1 is 1.06 bits per heavy atom. The Kier molecular flexibility index (Phi) is 10.2. The van der Waals surface area contributed by atoms with Crippen molar-refractivity contribution in [1.29, 1.82) is 0 Å². The number of hydrogen-bond acceptors (Lipinski definition) is 5. The van der Waals surface area contributed by atoms with Gasteiger partial charge in [-0.25, -0.2) is 4.39 Å². The summed E-state index contributed by atoms with van der Waals surface area (Å²) in [5, 5.41) is 13.9. The number of nitrogens with one attached hydrogen (secondary N) is 1. The van der Waals surface area contributed by atoms with Crippen LogP contribution in [0, 0.1) is 12.7 Å². The summed E-state index contributed by atoms with van der Waals surface area (Å²) in [6.45, 7) is 4.07. The van der Waals surface area contributed by atoms with Crippen molar-refractivity contribution < 1.29 is 23.8 Å². The fourth-order valence-corrected chi connectivity index (χ4v) is 4.44. The van der Waals surface area contributed by atoms with Crippen molar-refractivity contribution in [3.8, 4) is 5.75 Å². The van der Waals surface area contributed by atoms with Crippen LogP contribution in [-0.2, 0) is 4.79 Å². The molecule has 6 nitrogen and oxygen atoms in total. The lowest BCUT2D eigenvalue weighted by Crippen LogP contribution is -2.46. The van der Waals surface area contributed by atoms with E-state index < -0.39 is 12.1 Å². The molecule has 0 saturated carbocycles. The van der Waals surface area contributed by atoms with Crippen LogP contribution >= 0.6 is 0 Å². The predicted octanol–water partition coefficient (Wildman–Crippen LogP) is 4.59. The van der Waals surface area contributed by atoms with Crippen molar-refractivity contribution in [2.24, 2.45) is 0 Å². The summed E-state index contributed by atoms with van der Waals surface area (Å²) in [4.78, 5) is 27.2. The molecule has 2 aromatic rings. The van der Waals surface area contributed by atoms with Gasteiger partial charge in [-0.05, 0) is 87.2 Å². The van der Waals surface area contributed by atoms with Crippen molar-refractivity contribution >= 4 is 11.7 Å². The Bertz CT molecular complexity index is 973. The SMILES string of the molecule is COc1ccc(C(=O)CCCCCC(=O)NC(CN2CCCC2)C(O)c2ccc(C)c(F)c2)cc1. The van der Waals surface area contributed by atoms with E-state index in [1.807, 2.05) is 0 Å². The van der Waals surface area contributed by atoms with E-state index in [0.717, 1.165) is 32.4 Å². The number of hydrogen-bond donors (Lipinski definition) is 2. The molecule has 2 N–H and O–H groups in total. The van der Waals surface area contributed by atoms with Crippen molar-refractivity contribution in [3.63, 3.8) is 0 Å². The van der Waals surface area contributed by atoms with Crippen LogP contribution in [0.25, 0.3) is 0 Å². The van der Waals surface area contributed by atoms with E-state index in [9.17, 15) is 19.1 Å². The summed E-state index contributed by atoms with van der Waals surface area (Å²) < 4.78 is 19.2. The highest BCUT2D eigenvalue weighted by Gasteiger charge is 2.27. The number of rotatable bonds is 13. The van der Waals surface area contributed by atoms with Gasteiger partial charge in [0.15, 0.2) is 5.78 Å². The molecular weight excluding hydrogens is 447 g/mol. The highest BCUT2D eigenvalue weighted by atomic mass is 19.1. The Hall–Kier alpha value is -2.77. The van der Waals surface area contributed by atoms with Gasteiger partial charge in [0.1, 0.15) is 17.7 Å². The van der Waals surface area contributed by atoms with E-state index >= 15 is 0 Å². The van der Waals surface area contributed by atoms with Crippen molar-refractivity contribution in [2.45, 2.75) is 64.0 Å². The van der Waals surface area contributed by atoms with E-state index in [4.69, 9.17) is 4.74 Å². The number of benzene rings is 2. The van der Waals surface area contributed by atoms with E-state index in [1.54, 1.807) is 50.4 Å². The third kappa shape index (κ3) is 8.15. The van der Waals surface area contributed by atoms with E-state index in [1.165, 1.54) is 6.07 Å². The van der Waals surface area contributed by atoms with Crippen LogP contribution in [0.4, 0.5) is 4.39 Å². The molecule has 0 bridgehead atoms. The van der Waals surface area contributed by atoms with Crippen molar-refractivity contribution in [1.82, 2.24) is 10.2 Å². The quantitative estimate of drug-likeness (QED) is 0.321. The fourth-order valence-electron chi connectivity index (χ4n) is 4.44. The van der Waals surface area contributed by atoms with Gasteiger partial charge < -0.3 is 20.1 Å². The van der Waals surface area contributed by atoms with Gasteiger partial charge >= 0.3 is 0 Å². The minimum atomic E-state index is -0.989. The predicted molar refractivity (Wildman–Crippen MR) is 134 cm³/mol. The Morgan fingerprint density at radius 3 is 2.40 bits per heavy atom. The molecule has 1 aliphatic heterocycles. The molecule has 0 spiro atoms. The number of aliphatic hydroxyl groups is 1. The van der Waals surface area contributed by atoms with Gasteiger partial charge in [0, 0.05) is 24.9 Å². The van der Waals surface area contributed by atoms with Crippen molar-refractivity contribution in [3.05, 3.63) is 65.0 Å². The van der Waals surface area contributed by atoms with Crippen LogP contribution in [0.3, 0.4) is 0 Å². The summed E-state index contributed by atoms with van der Waals surface area (Å²) >= 11 is 0. The number of aliphatic hydroxyl groups excluding tert-OH is 1. The zero-order valence-corrected chi connectivity index (χ0v) is 20.8. The third-order valence-corrected chi connectivity index (χ3v) is 6.64.